The number of aryl methyl sites for hydroxylation is 2. The van der Waals surface area contributed by atoms with Gasteiger partial charge in [0.2, 0.25) is 11.9 Å². The van der Waals surface area contributed by atoms with Crippen LogP contribution in [0.15, 0.2) is 18.5 Å². The molecule has 3 rings (SSSR count). The Labute approximate surface area is 147 Å². The molecule has 1 fully saturated rings. The van der Waals surface area contributed by atoms with E-state index in [0.29, 0.717) is 24.7 Å². The number of hydrogen-bond donors (Lipinski definition) is 1. The lowest BCUT2D eigenvalue weighted by Crippen LogP contribution is -2.39. The van der Waals surface area contributed by atoms with E-state index in [-0.39, 0.29) is 11.8 Å². The molecule has 1 aliphatic heterocycles. The summed E-state index contributed by atoms with van der Waals surface area (Å²) in [4.78, 5) is 31.8. The maximum atomic E-state index is 12.0. The minimum atomic E-state index is 0.173. The summed E-state index contributed by atoms with van der Waals surface area (Å²) in [5, 5.41) is 3.21. The molecule has 25 heavy (non-hydrogen) atoms. The van der Waals surface area contributed by atoms with E-state index >= 15 is 0 Å². The van der Waals surface area contributed by atoms with Gasteiger partial charge in [0.05, 0.1) is 5.69 Å². The minimum Gasteiger partial charge on any atom is -0.342 e. The maximum absolute atomic E-state index is 12.0. The minimum absolute atomic E-state index is 0.173. The lowest BCUT2D eigenvalue weighted by molar-refractivity contribution is -0.132. The quantitative estimate of drug-likeness (QED) is 0.921. The molecular formula is C18H24N6O. The number of carbonyl (C=O) groups is 1. The van der Waals surface area contributed by atoms with Crippen LogP contribution in [0, 0.1) is 13.8 Å². The van der Waals surface area contributed by atoms with Crippen LogP contribution < -0.4 is 5.32 Å². The first-order valence-electron chi connectivity index (χ1n) is 8.74. The van der Waals surface area contributed by atoms with Crippen LogP contribution in [0.2, 0.25) is 0 Å². The number of anilines is 2. The first-order valence-corrected chi connectivity index (χ1v) is 8.74. The number of likely N-dealkylation sites (tertiary alicyclic amines) is 1. The fraction of sp³-hybridized carbons (Fsp3) is 0.500. The number of nitrogens with zero attached hydrogens (tertiary/aromatic N) is 5. The maximum Gasteiger partial charge on any atom is 0.228 e. The molecule has 1 amide bonds. The summed E-state index contributed by atoms with van der Waals surface area (Å²) in [6.07, 6.45) is 5.87. The van der Waals surface area contributed by atoms with Crippen LogP contribution in [-0.2, 0) is 4.79 Å². The Bertz CT molecular complexity index is 743. The molecule has 132 valence electrons. The highest BCUT2D eigenvalue weighted by Gasteiger charge is 2.27. The third kappa shape index (κ3) is 4.10. The molecule has 1 atom stereocenters. The van der Waals surface area contributed by atoms with Crippen molar-refractivity contribution in [2.24, 2.45) is 0 Å². The monoisotopic (exact) mass is 340 g/mol. The molecule has 0 saturated carbocycles. The summed E-state index contributed by atoms with van der Waals surface area (Å²) >= 11 is 0. The predicted molar refractivity (Wildman–Crippen MR) is 95.7 cm³/mol. The van der Waals surface area contributed by atoms with E-state index in [2.05, 4.69) is 25.3 Å². The van der Waals surface area contributed by atoms with E-state index < -0.39 is 0 Å². The summed E-state index contributed by atoms with van der Waals surface area (Å²) in [5.41, 5.74) is 2.68. The number of piperidine rings is 1. The molecule has 2 aromatic rings. The zero-order valence-corrected chi connectivity index (χ0v) is 15.0. The van der Waals surface area contributed by atoms with Crippen LogP contribution in [-0.4, -0.2) is 43.8 Å². The second kappa shape index (κ2) is 7.55. The third-order valence-electron chi connectivity index (χ3n) is 4.40. The number of hydrogen-bond acceptors (Lipinski definition) is 6. The van der Waals surface area contributed by atoms with Crippen molar-refractivity contribution in [1.29, 1.82) is 0 Å². The van der Waals surface area contributed by atoms with Gasteiger partial charge in [0.1, 0.15) is 0 Å². The first kappa shape index (κ1) is 17.3. The smallest absolute Gasteiger partial charge is 0.228 e. The first-order chi connectivity index (χ1) is 12.1. The molecule has 7 heteroatoms. The molecule has 1 N–H and O–H groups in total. The Morgan fingerprint density at radius 2 is 1.96 bits per heavy atom. The summed E-state index contributed by atoms with van der Waals surface area (Å²) < 4.78 is 0. The predicted octanol–water partition coefficient (Wildman–Crippen LogP) is 2.74. The molecule has 0 aromatic carbocycles. The van der Waals surface area contributed by atoms with E-state index in [1.165, 1.54) is 0 Å². The molecule has 1 saturated heterocycles. The lowest BCUT2D eigenvalue weighted by atomic mass is 9.94. The second-order valence-corrected chi connectivity index (χ2v) is 6.42. The van der Waals surface area contributed by atoms with E-state index in [1.807, 2.05) is 31.7 Å². The molecule has 0 bridgehead atoms. The molecule has 0 radical (unpaired) electrons. The van der Waals surface area contributed by atoms with Gasteiger partial charge in [0, 0.05) is 49.2 Å². The molecule has 7 nitrogen and oxygen atoms in total. The lowest BCUT2D eigenvalue weighted by Gasteiger charge is -2.32. The van der Waals surface area contributed by atoms with Crippen molar-refractivity contribution in [2.45, 2.75) is 46.0 Å². The molecule has 2 aromatic heterocycles. The van der Waals surface area contributed by atoms with E-state index in [1.54, 1.807) is 12.4 Å². The zero-order chi connectivity index (χ0) is 17.8. The fourth-order valence-electron chi connectivity index (χ4n) is 3.28. The van der Waals surface area contributed by atoms with E-state index in [4.69, 9.17) is 0 Å². The Hall–Kier alpha value is -2.57. The van der Waals surface area contributed by atoms with E-state index in [9.17, 15) is 4.79 Å². The van der Waals surface area contributed by atoms with Gasteiger partial charge in [-0.25, -0.2) is 15.0 Å². The van der Waals surface area contributed by atoms with Crippen molar-refractivity contribution in [1.82, 2.24) is 24.8 Å². The van der Waals surface area contributed by atoms with Gasteiger partial charge in [0.25, 0.3) is 0 Å². The average molecular weight is 340 g/mol. The number of aromatic nitrogens is 4. The summed E-state index contributed by atoms with van der Waals surface area (Å²) in [6.45, 7) is 7.29. The van der Waals surface area contributed by atoms with Crippen molar-refractivity contribution in [3.05, 3.63) is 35.5 Å². The molecule has 3 heterocycles. The molecule has 0 aliphatic carbocycles. The Balaban J connectivity index is 1.84. The SMILES string of the molecule is CCC(=O)N1CCCC(c2nccnc2Nc2nc(C)cc(C)n2)C1. The Kier molecular flexibility index (Phi) is 5.21. The highest BCUT2D eigenvalue weighted by Crippen LogP contribution is 2.30. The van der Waals surface area contributed by atoms with Crippen LogP contribution in [0.5, 0.6) is 0 Å². The van der Waals surface area contributed by atoms with Crippen molar-refractivity contribution >= 4 is 17.7 Å². The van der Waals surface area contributed by atoms with Gasteiger partial charge in [-0.05, 0) is 32.8 Å². The van der Waals surface area contributed by atoms with Crippen LogP contribution in [0.4, 0.5) is 11.8 Å². The van der Waals surface area contributed by atoms with Crippen molar-refractivity contribution in [3.63, 3.8) is 0 Å². The summed E-state index contributed by atoms with van der Waals surface area (Å²) in [6, 6.07) is 1.93. The van der Waals surface area contributed by atoms with Crippen LogP contribution in [0.1, 0.15) is 49.2 Å². The fourth-order valence-corrected chi connectivity index (χ4v) is 3.28. The topological polar surface area (TPSA) is 83.9 Å². The summed E-state index contributed by atoms with van der Waals surface area (Å²) in [5.74, 6) is 1.56. The largest absolute Gasteiger partial charge is 0.342 e. The molecular weight excluding hydrogens is 316 g/mol. The molecule has 1 unspecified atom stereocenters. The van der Waals surface area contributed by atoms with Gasteiger partial charge in [-0.1, -0.05) is 6.92 Å². The normalized spacial score (nSPS) is 17.4. The van der Waals surface area contributed by atoms with Gasteiger partial charge < -0.3 is 10.2 Å². The number of carbonyl (C=O) groups excluding carboxylic acids is 1. The number of nitrogens with one attached hydrogen (secondary N) is 1. The summed E-state index contributed by atoms with van der Waals surface area (Å²) in [7, 11) is 0. The number of amides is 1. The highest BCUT2D eigenvalue weighted by atomic mass is 16.2. The van der Waals surface area contributed by atoms with Gasteiger partial charge in [-0.2, -0.15) is 0 Å². The van der Waals surface area contributed by atoms with Crippen LogP contribution >= 0.6 is 0 Å². The van der Waals surface area contributed by atoms with Crippen molar-refractivity contribution < 1.29 is 4.79 Å². The highest BCUT2D eigenvalue weighted by molar-refractivity contribution is 5.76. The van der Waals surface area contributed by atoms with Crippen molar-refractivity contribution in [2.75, 3.05) is 18.4 Å². The average Bonchev–Trinajstić information content (AvgIpc) is 2.61. The molecule has 0 spiro atoms. The van der Waals surface area contributed by atoms with Gasteiger partial charge in [-0.3, -0.25) is 9.78 Å². The van der Waals surface area contributed by atoms with Crippen molar-refractivity contribution in [3.8, 4) is 0 Å². The second-order valence-electron chi connectivity index (χ2n) is 6.42. The molecule has 1 aliphatic rings. The van der Waals surface area contributed by atoms with E-state index in [0.717, 1.165) is 36.5 Å². The third-order valence-corrected chi connectivity index (χ3v) is 4.40. The Morgan fingerprint density at radius 3 is 2.68 bits per heavy atom. The van der Waals surface area contributed by atoms with Crippen LogP contribution in [0.25, 0.3) is 0 Å². The van der Waals surface area contributed by atoms with Crippen LogP contribution in [0.3, 0.4) is 0 Å². The zero-order valence-electron chi connectivity index (χ0n) is 15.0. The standard InChI is InChI=1S/C18H24N6O/c1-4-15(25)24-9-5-6-14(11-24)16-17(20-8-7-19-16)23-18-21-12(2)10-13(3)22-18/h7-8,10,14H,4-6,9,11H2,1-3H3,(H,20,21,22,23). The van der Waals surface area contributed by atoms with Gasteiger partial charge >= 0.3 is 0 Å². The Morgan fingerprint density at radius 1 is 1.24 bits per heavy atom. The number of rotatable bonds is 4. The van der Waals surface area contributed by atoms with Gasteiger partial charge in [-0.15, -0.1) is 0 Å². The van der Waals surface area contributed by atoms with Gasteiger partial charge in [0.15, 0.2) is 5.82 Å².